The molecule has 4 rings (SSSR count). The second kappa shape index (κ2) is 11.4. The standard InChI is InChI=1S/C27H30O12/c1-12-20(10-9-18-17-7-6-8-19(17)26(32)39-22(12)18)37-27-25(36-16(5)31)24(35-15(4)30)23(34-14(3)29)21(38-27)11-33-13(2)28/h9-10,21,23-25,27H,6-8,11H2,1-5H3/t21-,23+,24+,25-,27+/m1/s1. The quantitative estimate of drug-likeness (QED) is 0.284. The first-order valence-electron chi connectivity index (χ1n) is 12.5. The number of carbonyl (C=O) groups is 4. The first-order chi connectivity index (χ1) is 18.5. The van der Waals surface area contributed by atoms with Gasteiger partial charge in [-0.25, -0.2) is 4.79 Å². The van der Waals surface area contributed by atoms with Crippen LogP contribution in [0.25, 0.3) is 11.0 Å². The Morgan fingerprint density at radius 2 is 1.46 bits per heavy atom. The monoisotopic (exact) mass is 546 g/mol. The maximum atomic E-state index is 12.6. The number of hydrogen-bond acceptors (Lipinski definition) is 12. The summed E-state index contributed by atoms with van der Waals surface area (Å²) in [7, 11) is 0. The van der Waals surface area contributed by atoms with Crippen molar-refractivity contribution in [2.24, 2.45) is 0 Å². The lowest BCUT2D eigenvalue weighted by Crippen LogP contribution is -2.63. The Balaban J connectivity index is 1.75. The number of benzene rings is 1. The van der Waals surface area contributed by atoms with E-state index in [9.17, 15) is 24.0 Å². The van der Waals surface area contributed by atoms with E-state index in [1.54, 1.807) is 19.1 Å². The SMILES string of the molecule is CC(=O)OC[C@H]1O[C@H](Oc2ccc3c4c(c(=O)oc3c2C)CCC4)[C@H](OC(C)=O)[C@@H](OC(C)=O)[C@H]1OC(C)=O. The fourth-order valence-electron chi connectivity index (χ4n) is 5.00. The lowest BCUT2D eigenvalue weighted by Gasteiger charge is -2.44. The van der Waals surface area contributed by atoms with Gasteiger partial charge in [0.15, 0.2) is 12.2 Å². The van der Waals surface area contributed by atoms with Crippen LogP contribution in [0, 0.1) is 6.92 Å². The van der Waals surface area contributed by atoms with Crippen LogP contribution in [0.15, 0.2) is 21.3 Å². The number of ether oxygens (including phenoxy) is 6. The second-order valence-electron chi connectivity index (χ2n) is 9.45. The van der Waals surface area contributed by atoms with Gasteiger partial charge in [-0.2, -0.15) is 0 Å². The highest BCUT2D eigenvalue weighted by atomic mass is 16.7. The van der Waals surface area contributed by atoms with Crippen LogP contribution >= 0.6 is 0 Å². The Morgan fingerprint density at radius 1 is 0.846 bits per heavy atom. The van der Waals surface area contributed by atoms with E-state index >= 15 is 0 Å². The number of fused-ring (bicyclic) bond motifs is 3. The van der Waals surface area contributed by atoms with Crippen molar-refractivity contribution in [2.75, 3.05) is 6.61 Å². The summed E-state index contributed by atoms with van der Waals surface area (Å²) in [6, 6.07) is 3.44. The minimum absolute atomic E-state index is 0.240. The van der Waals surface area contributed by atoms with Gasteiger partial charge in [-0.1, -0.05) is 0 Å². The highest BCUT2D eigenvalue weighted by Crippen LogP contribution is 2.36. The summed E-state index contributed by atoms with van der Waals surface area (Å²) >= 11 is 0. The van der Waals surface area contributed by atoms with Crippen molar-refractivity contribution < 1.29 is 52.0 Å². The van der Waals surface area contributed by atoms with Crippen LogP contribution in [-0.4, -0.2) is 61.2 Å². The van der Waals surface area contributed by atoms with E-state index in [0.29, 0.717) is 23.1 Å². The zero-order valence-corrected chi connectivity index (χ0v) is 22.3. The Bertz CT molecular complexity index is 1360. The molecule has 0 N–H and O–H groups in total. The minimum Gasteiger partial charge on any atom is -0.463 e. The Hall–Kier alpha value is -3.93. The van der Waals surface area contributed by atoms with Gasteiger partial charge in [0.25, 0.3) is 0 Å². The van der Waals surface area contributed by atoms with Crippen LogP contribution in [0.4, 0.5) is 0 Å². The molecule has 0 amide bonds. The van der Waals surface area contributed by atoms with Gasteiger partial charge in [0.05, 0.1) is 0 Å². The Morgan fingerprint density at radius 3 is 2.10 bits per heavy atom. The summed E-state index contributed by atoms with van der Waals surface area (Å²) in [5.41, 5.74) is 2.07. The molecule has 39 heavy (non-hydrogen) atoms. The second-order valence-corrected chi connectivity index (χ2v) is 9.45. The molecule has 0 bridgehead atoms. The third-order valence-corrected chi connectivity index (χ3v) is 6.53. The van der Waals surface area contributed by atoms with E-state index in [1.807, 2.05) is 0 Å². The maximum Gasteiger partial charge on any atom is 0.339 e. The molecule has 0 unspecified atom stereocenters. The van der Waals surface area contributed by atoms with Gasteiger partial charge in [0.1, 0.15) is 24.0 Å². The number of aryl methyl sites for hydroxylation is 2. The van der Waals surface area contributed by atoms with Crippen molar-refractivity contribution >= 4 is 34.8 Å². The number of esters is 4. The minimum atomic E-state index is -1.40. The van der Waals surface area contributed by atoms with E-state index in [2.05, 4.69) is 0 Å². The van der Waals surface area contributed by atoms with Crippen molar-refractivity contribution in [3.05, 3.63) is 39.2 Å². The van der Waals surface area contributed by atoms with E-state index in [4.69, 9.17) is 32.8 Å². The van der Waals surface area contributed by atoms with Gasteiger partial charge < -0.3 is 32.8 Å². The molecule has 5 atom stereocenters. The molecule has 1 fully saturated rings. The van der Waals surface area contributed by atoms with Crippen molar-refractivity contribution in [1.82, 2.24) is 0 Å². The largest absolute Gasteiger partial charge is 0.463 e. The van der Waals surface area contributed by atoms with Crippen molar-refractivity contribution in [1.29, 1.82) is 0 Å². The molecule has 1 aromatic heterocycles. The molecule has 2 heterocycles. The average Bonchev–Trinajstić information content (AvgIpc) is 3.34. The molecular weight excluding hydrogens is 516 g/mol. The average molecular weight is 547 g/mol. The number of rotatable bonds is 7. The summed E-state index contributed by atoms with van der Waals surface area (Å²) < 4.78 is 39.1. The molecule has 2 aliphatic rings. The molecule has 0 saturated carbocycles. The highest BCUT2D eigenvalue weighted by molar-refractivity contribution is 5.86. The summed E-state index contributed by atoms with van der Waals surface area (Å²) in [4.78, 5) is 60.1. The van der Waals surface area contributed by atoms with Gasteiger partial charge >= 0.3 is 29.5 Å². The van der Waals surface area contributed by atoms with Crippen LogP contribution in [0.2, 0.25) is 0 Å². The molecule has 210 valence electrons. The van der Waals surface area contributed by atoms with E-state index in [0.717, 1.165) is 44.6 Å². The van der Waals surface area contributed by atoms with Crippen LogP contribution in [0.3, 0.4) is 0 Å². The summed E-state index contributed by atoms with van der Waals surface area (Å²) in [6.45, 7) is 5.93. The normalized spacial score (nSPS) is 24.0. The van der Waals surface area contributed by atoms with Crippen molar-refractivity contribution in [3.8, 4) is 5.75 Å². The van der Waals surface area contributed by atoms with Gasteiger partial charge in [0.2, 0.25) is 12.4 Å². The number of hydrogen-bond donors (Lipinski definition) is 0. The highest BCUT2D eigenvalue weighted by Gasteiger charge is 2.53. The van der Waals surface area contributed by atoms with Gasteiger partial charge in [-0.15, -0.1) is 0 Å². The maximum absolute atomic E-state index is 12.6. The van der Waals surface area contributed by atoms with Gasteiger partial charge in [-0.05, 0) is 43.9 Å². The van der Waals surface area contributed by atoms with Gasteiger partial charge in [0, 0.05) is 44.2 Å². The van der Waals surface area contributed by atoms with Gasteiger partial charge in [-0.3, -0.25) is 19.2 Å². The Kier molecular flexibility index (Phi) is 8.24. The molecule has 12 nitrogen and oxygen atoms in total. The van der Waals surface area contributed by atoms with Crippen molar-refractivity contribution in [3.63, 3.8) is 0 Å². The first-order valence-corrected chi connectivity index (χ1v) is 12.5. The van der Waals surface area contributed by atoms with E-state index < -0.39 is 60.2 Å². The summed E-state index contributed by atoms with van der Waals surface area (Å²) in [5, 5.41) is 0.800. The zero-order chi connectivity index (χ0) is 28.4. The molecule has 0 radical (unpaired) electrons. The molecular formula is C27H30O12. The molecule has 1 aliphatic carbocycles. The lowest BCUT2D eigenvalue weighted by atomic mass is 9.98. The van der Waals surface area contributed by atoms with Crippen LogP contribution in [0.5, 0.6) is 5.75 Å². The summed E-state index contributed by atoms with van der Waals surface area (Å²) in [5.74, 6) is -2.62. The number of carbonyl (C=O) groups excluding carboxylic acids is 4. The van der Waals surface area contributed by atoms with E-state index in [1.165, 1.54) is 6.92 Å². The topological polar surface area (TPSA) is 154 Å². The molecule has 1 aliphatic heterocycles. The smallest absolute Gasteiger partial charge is 0.339 e. The predicted molar refractivity (Wildman–Crippen MR) is 132 cm³/mol. The third-order valence-electron chi connectivity index (χ3n) is 6.53. The lowest BCUT2D eigenvalue weighted by molar-refractivity contribution is -0.288. The fraction of sp³-hybridized carbons (Fsp3) is 0.519. The molecule has 0 spiro atoms. The first kappa shape index (κ1) is 28.1. The summed E-state index contributed by atoms with van der Waals surface area (Å²) in [6.07, 6.45) is -4.31. The molecule has 12 heteroatoms. The van der Waals surface area contributed by atoms with E-state index in [-0.39, 0.29) is 12.4 Å². The predicted octanol–water partition coefficient (Wildman–Crippen LogP) is 2.05. The Labute approximate surface area is 223 Å². The fourth-order valence-corrected chi connectivity index (χ4v) is 5.00. The van der Waals surface area contributed by atoms with Crippen LogP contribution < -0.4 is 10.4 Å². The zero-order valence-electron chi connectivity index (χ0n) is 22.3. The molecule has 1 saturated heterocycles. The van der Waals surface area contributed by atoms with Crippen LogP contribution in [-0.2, 0) is 55.7 Å². The van der Waals surface area contributed by atoms with Crippen LogP contribution in [0.1, 0.15) is 50.8 Å². The van der Waals surface area contributed by atoms with Crippen molar-refractivity contribution in [2.45, 2.75) is 84.6 Å². The molecule has 2 aromatic rings. The third kappa shape index (κ3) is 6.06. The molecule has 1 aromatic carbocycles.